The van der Waals surface area contributed by atoms with Crippen molar-refractivity contribution in [1.82, 2.24) is 9.55 Å². The molecule has 0 aliphatic carbocycles. The Morgan fingerprint density at radius 2 is 2.04 bits per heavy atom. The van der Waals surface area contributed by atoms with Crippen LogP contribution in [0.25, 0.3) is 5.69 Å². The Labute approximate surface area is 139 Å². The number of aromatic nitrogens is 2. The molecule has 2 aromatic carbocycles. The van der Waals surface area contributed by atoms with Crippen LogP contribution in [0.1, 0.15) is 16.1 Å². The maximum atomic E-state index is 12.6. The van der Waals surface area contributed by atoms with E-state index in [-0.39, 0.29) is 12.5 Å². The monoisotopic (exact) mass is 323 g/mol. The van der Waals surface area contributed by atoms with Crippen LogP contribution in [-0.4, -0.2) is 27.7 Å². The minimum absolute atomic E-state index is 0.172. The number of nitrogens with zero attached hydrogens (tertiary/aromatic N) is 2. The summed E-state index contributed by atoms with van der Waals surface area (Å²) in [4.78, 5) is 16.6. The third-order valence-electron chi connectivity index (χ3n) is 3.61. The third kappa shape index (κ3) is 3.13. The van der Waals surface area contributed by atoms with Crippen molar-refractivity contribution >= 4 is 11.6 Å². The number of aliphatic hydroxyl groups excluding tert-OH is 1. The van der Waals surface area contributed by atoms with Gasteiger partial charge in [0.25, 0.3) is 5.91 Å². The van der Waals surface area contributed by atoms with Gasteiger partial charge in [0.05, 0.1) is 26.2 Å². The van der Waals surface area contributed by atoms with Gasteiger partial charge in [-0.3, -0.25) is 9.36 Å². The summed E-state index contributed by atoms with van der Waals surface area (Å²) in [6.45, 7) is -0.172. The minimum atomic E-state index is -0.287. The van der Waals surface area contributed by atoms with E-state index in [9.17, 15) is 9.90 Å². The Morgan fingerprint density at radius 3 is 2.75 bits per heavy atom. The zero-order chi connectivity index (χ0) is 16.9. The first-order valence-corrected chi connectivity index (χ1v) is 7.40. The van der Waals surface area contributed by atoms with Gasteiger partial charge in [-0.05, 0) is 30.3 Å². The van der Waals surface area contributed by atoms with Gasteiger partial charge < -0.3 is 15.2 Å². The van der Waals surface area contributed by atoms with Crippen molar-refractivity contribution in [2.45, 2.75) is 6.61 Å². The highest BCUT2D eigenvalue weighted by Crippen LogP contribution is 2.23. The summed E-state index contributed by atoms with van der Waals surface area (Å²) in [5.74, 6) is 0.287. The minimum Gasteiger partial charge on any atom is -0.496 e. The molecular formula is C18H17N3O3. The van der Waals surface area contributed by atoms with Gasteiger partial charge in [-0.1, -0.05) is 18.2 Å². The largest absolute Gasteiger partial charge is 0.496 e. The van der Waals surface area contributed by atoms with Crippen LogP contribution in [0.3, 0.4) is 0 Å². The summed E-state index contributed by atoms with van der Waals surface area (Å²) < 4.78 is 6.87. The second kappa shape index (κ2) is 6.97. The number of benzene rings is 2. The number of nitrogens with one attached hydrogen (secondary N) is 1. The number of imidazole rings is 1. The number of para-hydroxylation sites is 1. The molecule has 0 bridgehead atoms. The third-order valence-corrected chi connectivity index (χ3v) is 3.61. The standard InChI is InChI=1S/C18H17N3O3/c1-24-17-8-7-14(9-13(17)11-22)20-18(23)16-10-19-12-21(16)15-5-3-2-4-6-15/h2-10,12,22H,11H2,1H3,(H,20,23). The van der Waals surface area contributed by atoms with E-state index >= 15 is 0 Å². The summed E-state index contributed by atoms with van der Waals surface area (Å²) in [6, 6.07) is 14.6. The van der Waals surface area contributed by atoms with Gasteiger partial charge in [-0.25, -0.2) is 4.98 Å². The molecule has 0 aliphatic heterocycles. The molecule has 0 spiro atoms. The van der Waals surface area contributed by atoms with Crippen LogP contribution >= 0.6 is 0 Å². The molecule has 24 heavy (non-hydrogen) atoms. The number of carbonyl (C=O) groups excluding carboxylic acids is 1. The first-order valence-electron chi connectivity index (χ1n) is 7.40. The molecule has 1 aromatic heterocycles. The second-order valence-electron chi connectivity index (χ2n) is 5.12. The fourth-order valence-corrected chi connectivity index (χ4v) is 2.43. The number of carbonyl (C=O) groups is 1. The molecule has 0 saturated heterocycles. The Hall–Kier alpha value is -3.12. The van der Waals surface area contributed by atoms with Crippen LogP contribution in [0.2, 0.25) is 0 Å². The molecule has 0 aliphatic rings. The van der Waals surface area contributed by atoms with E-state index in [0.29, 0.717) is 22.7 Å². The zero-order valence-electron chi connectivity index (χ0n) is 13.1. The van der Waals surface area contributed by atoms with Crippen LogP contribution in [-0.2, 0) is 6.61 Å². The molecule has 0 saturated carbocycles. The number of hydrogen-bond donors (Lipinski definition) is 2. The number of anilines is 1. The summed E-state index contributed by atoms with van der Waals surface area (Å²) >= 11 is 0. The van der Waals surface area contributed by atoms with Crippen molar-refractivity contribution in [2.24, 2.45) is 0 Å². The smallest absolute Gasteiger partial charge is 0.274 e. The van der Waals surface area contributed by atoms with Gasteiger partial charge in [0, 0.05) is 16.9 Å². The molecule has 2 N–H and O–H groups in total. The highest BCUT2D eigenvalue weighted by Gasteiger charge is 2.14. The highest BCUT2D eigenvalue weighted by atomic mass is 16.5. The van der Waals surface area contributed by atoms with Crippen LogP contribution in [0.15, 0.2) is 61.1 Å². The number of rotatable bonds is 5. The summed E-state index contributed by atoms with van der Waals surface area (Å²) in [5.41, 5.74) is 2.45. The van der Waals surface area contributed by atoms with E-state index in [1.807, 2.05) is 30.3 Å². The molecule has 0 fully saturated rings. The van der Waals surface area contributed by atoms with Crippen LogP contribution in [0.4, 0.5) is 5.69 Å². The molecule has 3 aromatic rings. The van der Waals surface area contributed by atoms with Crippen molar-refractivity contribution in [3.8, 4) is 11.4 Å². The zero-order valence-corrected chi connectivity index (χ0v) is 13.1. The Balaban J connectivity index is 1.85. The van der Waals surface area contributed by atoms with E-state index in [1.54, 1.807) is 29.1 Å². The van der Waals surface area contributed by atoms with Crippen molar-refractivity contribution in [3.63, 3.8) is 0 Å². The molecule has 6 heteroatoms. The average molecular weight is 323 g/mol. The molecule has 0 radical (unpaired) electrons. The van der Waals surface area contributed by atoms with Gasteiger partial charge in [-0.2, -0.15) is 0 Å². The summed E-state index contributed by atoms with van der Waals surface area (Å²) in [7, 11) is 1.53. The lowest BCUT2D eigenvalue weighted by atomic mass is 10.2. The van der Waals surface area contributed by atoms with Gasteiger partial charge >= 0.3 is 0 Å². The van der Waals surface area contributed by atoms with Gasteiger partial charge in [0.2, 0.25) is 0 Å². The molecule has 1 amide bonds. The summed E-state index contributed by atoms with van der Waals surface area (Å²) in [5, 5.41) is 12.2. The first kappa shape index (κ1) is 15.8. The van der Waals surface area contributed by atoms with E-state index < -0.39 is 0 Å². The number of methoxy groups -OCH3 is 1. The highest BCUT2D eigenvalue weighted by molar-refractivity contribution is 6.03. The van der Waals surface area contributed by atoms with E-state index in [1.165, 1.54) is 13.3 Å². The lowest BCUT2D eigenvalue weighted by Crippen LogP contribution is -2.16. The second-order valence-corrected chi connectivity index (χ2v) is 5.12. The Kier molecular flexibility index (Phi) is 4.58. The number of hydrogen-bond acceptors (Lipinski definition) is 4. The topological polar surface area (TPSA) is 76.4 Å². The molecule has 122 valence electrons. The lowest BCUT2D eigenvalue weighted by molar-refractivity contribution is 0.102. The van der Waals surface area contributed by atoms with Crippen LogP contribution < -0.4 is 10.1 Å². The molecule has 1 heterocycles. The van der Waals surface area contributed by atoms with Crippen LogP contribution in [0.5, 0.6) is 5.75 Å². The molecule has 0 atom stereocenters. The number of aliphatic hydroxyl groups is 1. The van der Waals surface area contributed by atoms with Crippen molar-refractivity contribution in [2.75, 3.05) is 12.4 Å². The summed E-state index contributed by atoms with van der Waals surface area (Å²) in [6.07, 6.45) is 3.11. The maximum Gasteiger partial charge on any atom is 0.274 e. The Morgan fingerprint density at radius 1 is 1.25 bits per heavy atom. The van der Waals surface area contributed by atoms with Gasteiger partial charge in [0.1, 0.15) is 11.4 Å². The molecule has 3 rings (SSSR count). The van der Waals surface area contributed by atoms with Crippen molar-refractivity contribution in [1.29, 1.82) is 0 Å². The van der Waals surface area contributed by atoms with Crippen molar-refractivity contribution in [3.05, 3.63) is 72.3 Å². The fraction of sp³-hybridized carbons (Fsp3) is 0.111. The predicted octanol–water partition coefficient (Wildman–Crippen LogP) is 2.63. The van der Waals surface area contributed by atoms with Crippen molar-refractivity contribution < 1.29 is 14.6 Å². The van der Waals surface area contributed by atoms with E-state index in [0.717, 1.165) is 5.69 Å². The quantitative estimate of drug-likeness (QED) is 0.757. The maximum absolute atomic E-state index is 12.6. The first-order chi connectivity index (χ1) is 11.7. The van der Waals surface area contributed by atoms with E-state index in [4.69, 9.17) is 4.74 Å². The number of amides is 1. The molecular weight excluding hydrogens is 306 g/mol. The van der Waals surface area contributed by atoms with Crippen LogP contribution in [0, 0.1) is 0 Å². The normalized spacial score (nSPS) is 10.4. The lowest BCUT2D eigenvalue weighted by Gasteiger charge is -2.11. The number of ether oxygens (including phenoxy) is 1. The fourth-order valence-electron chi connectivity index (χ4n) is 2.43. The molecule has 0 unspecified atom stereocenters. The molecule has 6 nitrogen and oxygen atoms in total. The van der Waals surface area contributed by atoms with Gasteiger partial charge in [0.15, 0.2) is 0 Å². The average Bonchev–Trinajstić information content (AvgIpc) is 3.12. The van der Waals surface area contributed by atoms with E-state index in [2.05, 4.69) is 10.3 Å². The Bertz CT molecular complexity index is 844. The predicted molar refractivity (Wildman–Crippen MR) is 90.4 cm³/mol. The van der Waals surface area contributed by atoms with Gasteiger partial charge in [-0.15, -0.1) is 0 Å². The SMILES string of the molecule is COc1ccc(NC(=O)c2cncn2-c2ccccc2)cc1CO.